The molecule has 28 heavy (non-hydrogen) atoms. The van der Waals surface area contributed by atoms with Crippen LogP contribution in [0.15, 0.2) is 59.8 Å². The summed E-state index contributed by atoms with van der Waals surface area (Å²) in [6.45, 7) is 4.19. The molecule has 6 nitrogen and oxygen atoms in total. The minimum absolute atomic E-state index is 0.184. The Morgan fingerprint density at radius 1 is 1.18 bits per heavy atom. The number of para-hydroxylation sites is 2. The summed E-state index contributed by atoms with van der Waals surface area (Å²) in [6, 6.07) is 14.4. The highest BCUT2D eigenvalue weighted by atomic mass is 16.5. The zero-order valence-corrected chi connectivity index (χ0v) is 16.0. The highest BCUT2D eigenvalue weighted by Gasteiger charge is 2.35. The molecule has 1 aliphatic heterocycles. The fraction of sp³-hybridized carbons (Fsp3) is 0.273. The topological polar surface area (TPSA) is 76.4 Å². The second-order valence-electron chi connectivity index (χ2n) is 6.78. The number of anilines is 1. The maximum Gasteiger partial charge on any atom is 0.338 e. The number of allylic oxidation sites excluding steroid dienone is 1. The lowest BCUT2D eigenvalue weighted by molar-refractivity contribution is -0.139. The molecule has 0 aliphatic carbocycles. The van der Waals surface area contributed by atoms with E-state index in [-0.39, 0.29) is 17.8 Å². The molecule has 6 heteroatoms. The third kappa shape index (κ3) is 3.01. The lowest BCUT2D eigenvalue weighted by atomic mass is 9.93. The van der Waals surface area contributed by atoms with Crippen LogP contribution in [0.4, 0.5) is 5.95 Å². The number of nitrogens with zero attached hydrogens (tertiary/aromatic N) is 2. The van der Waals surface area contributed by atoms with Crippen molar-refractivity contribution in [1.29, 1.82) is 0 Å². The number of rotatable bonds is 5. The van der Waals surface area contributed by atoms with Crippen LogP contribution in [0.3, 0.4) is 0 Å². The zero-order valence-electron chi connectivity index (χ0n) is 16.0. The van der Waals surface area contributed by atoms with Crippen LogP contribution in [0.25, 0.3) is 11.0 Å². The van der Waals surface area contributed by atoms with Crippen molar-refractivity contribution in [3.05, 3.63) is 65.4 Å². The molecule has 0 saturated heterocycles. The fourth-order valence-electron chi connectivity index (χ4n) is 3.75. The van der Waals surface area contributed by atoms with Gasteiger partial charge in [0.2, 0.25) is 5.95 Å². The quantitative estimate of drug-likeness (QED) is 0.646. The molecule has 0 saturated carbocycles. The van der Waals surface area contributed by atoms with Gasteiger partial charge in [0.1, 0.15) is 5.75 Å². The fourth-order valence-corrected chi connectivity index (χ4v) is 3.75. The molecule has 1 atom stereocenters. The molecule has 1 aromatic heterocycles. The van der Waals surface area contributed by atoms with Gasteiger partial charge in [-0.25, -0.2) is 9.78 Å². The van der Waals surface area contributed by atoms with Crippen molar-refractivity contribution in [3.63, 3.8) is 0 Å². The number of hydrogen-bond donors (Lipinski definition) is 2. The van der Waals surface area contributed by atoms with Crippen LogP contribution in [0.1, 0.15) is 38.3 Å². The number of benzene rings is 2. The average Bonchev–Trinajstić information content (AvgIpc) is 3.06. The Labute approximate surface area is 163 Å². The molecule has 4 rings (SSSR count). The van der Waals surface area contributed by atoms with Gasteiger partial charge in [-0.15, -0.1) is 0 Å². The maximum absolute atomic E-state index is 13.0. The van der Waals surface area contributed by atoms with E-state index in [9.17, 15) is 9.90 Å². The number of ether oxygens (including phenoxy) is 1. The lowest BCUT2D eigenvalue weighted by Gasteiger charge is -2.31. The molecule has 2 aromatic carbocycles. The van der Waals surface area contributed by atoms with E-state index in [1.54, 1.807) is 12.1 Å². The van der Waals surface area contributed by atoms with E-state index in [1.807, 2.05) is 47.9 Å². The van der Waals surface area contributed by atoms with Crippen LogP contribution < -0.4 is 5.32 Å². The number of imidazole rings is 1. The Hall–Kier alpha value is -3.28. The molecule has 0 amide bonds. The van der Waals surface area contributed by atoms with Gasteiger partial charge in [-0.05, 0) is 43.2 Å². The molecule has 0 spiro atoms. The van der Waals surface area contributed by atoms with Gasteiger partial charge in [0.15, 0.2) is 0 Å². The summed E-state index contributed by atoms with van der Waals surface area (Å²) in [5.74, 6) is 0.555. The summed E-state index contributed by atoms with van der Waals surface area (Å²) in [5, 5.41) is 13.1. The van der Waals surface area contributed by atoms with Crippen LogP contribution in [-0.4, -0.2) is 27.2 Å². The van der Waals surface area contributed by atoms with Gasteiger partial charge >= 0.3 is 5.97 Å². The molecule has 144 valence electrons. The maximum atomic E-state index is 13.0. The first kappa shape index (κ1) is 18.1. The first-order valence-electron chi connectivity index (χ1n) is 9.57. The summed E-state index contributed by atoms with van der Waals surface area (Å²) >= 11 is 0. The molecule has 2 N–H and O–H groups in total. The van der Waals surface area contributed by atoms with Crippen molar-refractivity contribution in [1.82, 2.24) is 9.55 Å². The Kier molecular flexibility index (Phi) is 4.77. The lowest BCUT2D eigenvalue weighted by Crippen LogP contribution is -2.29. The molecular weight excluding hydrogens is 354 g/mol. The van der Waals surface area contributed by atoms with Crippen LogP contribution in [-0.2, 0) is 9.53 Å². The van der Waals surface area contributed by atoms with E-state index in [1.165, 1.54) is 0 Å². The number of esters is 1. The van der Waals surface area contributed by atoms with Gasteiger partial charge in [-0.1, -0.05) is 37.6 Å². The Morgan fingerprint density at radius 3 is 2.64 bits per heavy atom. The summed E-state index contributed by atoms with van der Waals surface area (Å²) in [6.07, 6.45) is 1.60. The summed E-state index contributed by atoms with van der Waals surface area (Å²) in [7, 11) is 0. The third-order valence-electron chi connectivity index (χ3n) is 4.92. The van der Waals surface area contributed by atoms with Gasteiger partial charge in [0.25, 0.3) is 0 Å². The van der Waals surface area contributed by atoms with Crippen LogP contribution in [0.5, 0.6) is 5.75 Å². The number of carbonyl (C=O) groups excluding carboxylic acids is 1. The van der Waals surface area contributed by atoms with Crippen molar-refractivity contribution >= 4 is 23.0 Å². The van der Waals surface area contributed by atoms with E-state index in [4.69, 9.17) is 9.72 Å². The number of phenols is 1. The SMILES string of the molecule is CCCC1=C(C(=O)OCC)C(c2ccc(O)cc2)n2c(nc3ccccc32)N1. The Morgan fingerprint density at radius 2 is 1.93 bits per heavy atom. The molecule has 0 fully saturated rings. The predicted molar refractivity (Wildman–Crippen MR) is 108 cm³/mol. The first-order chi connectivity index (χ1) is 13.6. The van der Waals surface area contributed by atoms with Gasteiger partial charge < -0.3 is 15.2 Å². The molecule has 0 bridgehead atoms. The number of phenolic OH excluding ortho intramolecular Hbond substituents is 1. The minimum atomic E-state index is -0.384. The van der Waals surface area contributed by atoms with E-state index in [0.29, 0.717) is 24.5 Å². The van der Waals surface area contributed by atoms with E-state index in [0.717, 1.165) is 28.7 Å². The summed E-state index contributed by atoms with van der Waals surface area (Å²) in [5.41, 5.74) is 4.10. The molecule has 3 aromatic rings. The molecule has 1 aliphatic rings. The first-order valence-corrected chi connectivity index (χ1v) is 9.57. The van der Waals surface area contributed by atoms with Crippen LogP contribution in [0.2, 0.25) is 0 Å². The van der Waals surface area contributed by atoms with Crippen molar-refractivity contribution < 1.29 is 14.6 Å². The number of aromatic hydroxyl groups is 1. The average molecular weight is 377 g/mol. The van der Waals surface area contributed by atoms with E-state index < -0.39 is 0 Å². The van der Waals surface area contributed by atoms with Gasteiger partial charge in [0.05, 0.1) is 29.3 Å². The van der Waals surface area contributed by atoms with Crippen molar-refractivity contribution in [2.75, 3.05) is 11.9 Å². The normalized spacial score (nSPS) is 16.0. The minimum Gasteiger partial charge on any atom is -0.508 e. The van der Waals surface area contributed by atoms with Crippen molar-refractivity contribution in [2.24, 2.45) is 0 Å². The molecule has 0 radical (unpaired) electrons. The molecular formula is C22H23N3O3. The molecule has 2 heterocycles. The van der Waals surface area contributed by atoms with Gasteiger partial charge in [0, 0.05) is 5.70 Å². The summed E-state index contributed by atoms with van der Waals surface area (Å²) < 4.78 is 7.45. The van der Waals surface area contributed by atoms with Crippen molar-refractivity contribution in [2.45, 2.75) is 32.7 Å². The number of fused-ring (bicyclic) bond motifs is 3. The summed E-state index contributed by atoms with van der Waals surface area (Å²) in [4.78, 5) is 17.7. The zero-order chi connectivity index (χ0) is 19.7. The third-order valence-corrected chi connectivity index (χ3v) is 4.92. The van der Waals surface area contributed by atoms with Gasteiger partial charge in [-0.2, -0.15) is 0 Å². The van der Waals surface area contributed by atoms with Crippen molar-refractivity contribution in [3.8, 4) is 5.75 Å². The highest BCUT2D eigenvalue weighted by Crippen LogP contribution is 2.40. The smallest absolute Gasteiger partial charge is 0.338 e. The Balaban J connectivity index is 1.98. The van der Waals surface area contributed by atoms with E-state index >= 15 is 0 Å². The van der Waals surface area contributed by atoms with Crippen LogP contribution >= 0.6 is 0 Å². The standard InChI is InChI=1S/C22H23N3O3/c1-3-7-17-19(21(27)28-4-2)20(14-10-12-15(26)13-11-14)25-18-9-6-5-8-16(18)23-22(25)24-17/h5-6,8-13,20,26H,3-4,7H2,1-2H3,(H,23,24). The molecule has 1 unspecified atom stereocenters. The largest absolute Gasteiger partial charge is 0.508 e. The Bertz CT molecular complexity index is 1050. The van der Waals surface area contributed by atoms with Crippen LogP contribution in [0, 0.1) is 0 Å². The van der Waals surface area contributed by atoms with E-state index in [2.05, 4.69) is 12.2 Å². The predicted octanol–water partition coefficient (Wildman–Crippen LogP) is 4.37. The number of hydrogen-bond acceptors (Lipinski definition) is 5. The second kappa shape index (κ2) is 7.38. The van der Waals surface area contributed by atoms with Gasteiger partial charge in [-0.3, -0.25) is 4.57 Å². The highest BCUT2D eigenvalue weighted by molar-refractivity contribution is 5.94. The number of carbonyl (C=O) groups is 1. The second-order valence-corrected chi connectivity index (χ2v) is 6.78. The number of nitrogens with one attached hydrogen (secondary N) is 1. The number of aromatic nitrogens is 2. The monoisotopic (exact) mass is 377 g/mol.